The number of hydrogen-bond donors (Lipinski definition) is 1. The predicted molar refractivity (Wildman–Crippen MR) is 86.3 cm³/mol. The molecule has 2 heterocycles. The van der Waals surface area contributed by atoms with Crippen molar-refractivity contribution in [1.29, 1.82) is 0 Å². The molecule has 0 unspecified atom stereocenters. The van der Waals surface area contributed by atoms with Crippen LogP contribution in [-0.2, 0) is 18.9 Å². The van der Waals surface area contributed by atoms with Crippen LogP contribution in [0.5, 0.6) is 0 Å². The first-order valence-corrected chi connectivity index (χ1v) is 10.0. The Labute approximate surface area is 144 Å². The highest BCUT2D eigenvalue weighted by molar-refractivity contribution is 5.08. The van der Waals surface area contributed by atoms with Gasteiger partial charge < -0.3 is 24.1 Å². The van der Waals surface area contributed by atoms with E-state index in [9.17, 15) is 5.11 Å². The summed E-state index contributed by atoms with van der Waals surface area (Å²) in [5.74, 6) is -0.920. The van der Waals surface area contributed by atoms with Gasteiger partial charge in [-0.1, -0.05) is 19.8 Å². The molecule has 3 saturated carbocycles. The zero-order valence-corrected chi connectivity index (χ0v) is 14.6. The highest BCUT2D eigenvalue weighted by Gasteiger charge is 2.64. The zero-order valence-electron chi connectivity index (χ0n) is 14.6. The molecule has 0 aromatic rings. The highest BCUT2D eigenvalue weighted by atomic mass is 16.8. The van der Waals surface area contributed by atoms with Crippen LogP contribution >= 0.6 is 0 Å². The Bertz CT molecular complexity index is 438. The molecule has 5 fully saturated rings. The number of rotatable bonds is 0. The summed E-state index contributed by atoms with van der Waals surface area (Å²) in [6, 6.07) is 0. The maximum absolute atomic E-state index is 10.9. The molecule has 0 aromatic heterocycles. The molecular formula is C19H30O5. The Morgan fingerprint density at radius 2 is 1.04 bits per heavy atom. The van der Waals surface area contributed by atoms with Gasteiger partial charge in [0.05, 0.1) is 12.2 Å². The van der Waals surface area contributed by atoms with E-state index in [2.05, 4.69) is 6.92 Å². The molecular weight excluding hydrogens is 308 g/mol. The largest absolute Gasteiger partial charge is 0.390 e. The monoisotopic (exact) mass is 338 g/mol. The van der Waals surface area contributed by atoms with Crippen molar-refractivity contribution in [3.63, 3.8) is 0 Å². The molecule has 5 aliphatic rings. The van der Waals surface area contributed by atoms with Crippen LogP contribution in [0.1, 0.15) is 71.1 Å². The van der Waals surface area contributed by atoms with Gasteiger partial charge in [-0.15, -0.1) is 0 Å². The smallest absolute Gasteiger partial charge is 0.169 e. The normalized spacial score (nSPS) is 49.2. The van der Waals surface area contributed by atoms with Crippen LogP contribution in [0.25, 0.3) is 0 Å². The third kappa shape index (κ3) is 2.32. The molecule has 0 bridgehead atoms. The fourth-order valence-corrected chi connectivity index (χ4v) is 5.64. The maximum Gasteiger partial charge on any atom is 0.169 e. The summed E-state index contributed by atoms with van der Waals surface area (Å²) in [4.78, 5) is 0. The lowest BCUT2D eigenvalue weighted by Gasteiger charge is -2.39. The zero-order chi connectivity index (χ0) is 16.4. The molecule has 2 saturated heterocycles. The Morgan fingerprint density at radius 3 is 1.58 bits per heavy atom. The third-order valence-electron chi connectivity index (χ3n) is 7.00. The second-order valence-corrected chi connectivity index (χ2v) is 8.62. The van der Waals surface area contributed by atoms with Gasteiger partial charge in [0, 0.05) is 31.6 Å². The summed E-state index contributed by atoms with van der Waals surface area (Å²) in [7, 11) is 0. The quantitative estimate of drug-likeness (QED) is 0.736. The van der Waals surface area contributed by atoms with Crippen molar-refractivity contribution in [2.75, 3.05) is 0 Å². The number of aliphatic hydroxyl groups is 1. The topological polar surface area (TPSA) is 57.2 Å². The standard InChI is InChI=1S/C19H30O5/c1-12-13(20)15-17(24-19(22-15)10-6-3-7-11-19)16-14(12)21-18(23-16)8-4-2-5-9-18/h12-17,20H,2-11H2,1H3/t12-,13-,14+,15-,16-,17-/m0/s1. The van der Waals surface area contributed by atoms with Gasteiger partial charge in [-0.25, -0.2) is 0 Å². The lowest BCUT2D eigenvalue weighted by Crippen LogP contribution is -2.57. The molecule has 5 heteroatoms. The van der Waals surface area contributed by atoms with Crippen LogP contribution in [-0.4, -0.2) is 47.2 Å². The second kappa shape index (κ2) is 5.65. The van der Waals surface area contributed by atoms with E-state index < -0.39 is 17.7 Å². The molecule has 0 amide bonds. The number of fused-ring (bicyclic) bond motifs is 3. The first-order chi connectivity index (χ1) is 11.6. The van der Waals surface area contributed by atoms with Crippen LogP contribution < -0.4 is 0 Å². The molecule has 5 rings (SSSR count). The van der Waals surface area contributed by atoms with Crippen molar-refractivity contribution in [1.82, 2.24) is 0 Å². The van der Waals surface area contributed by atoms with E-state index >= 15 is 0 Å². The first-order valence-electron chi connectivity index (χ1n) is 10.0. The van der Waals surface area contributed by atoms with Gasteiger partial charge in [0.1, 0.15) is 18.3 Å². The van der Waals surface area contributed by atoms with Crippen LogP contribution in [0, 0.1) is 5.92 Å². The average molecular weight is 338 g/mol. The van der Waals surface area contributed by atoms with E-state index in [1.807, 2.05) is 0 Å². The van der Waals surface area contributed by atoms with Gasteiger partial charge in [0.15, 0.2) is 11.6 Å². The van der Waals surface area contributed by atoms with Crippen LogP contribution in [0.3, 0.4) is 0 Å². The van der Waals surface area contributed by atoms with E-state index in [0.717, 1.165) is 51.4 Å². The fourth-order valence-electron chi connectivity index (χ4n) is 5.64. The van der Waals surface area contributed by atoms with Gasteiger partial charge >= 0.3 is 0 Å². The van der Waals surface area contributed by atoms with Gasteiger partial charge in [-0.3, -0.25) is 0 Å². The van der Waals surface area contributed by atoms with Gasteiger partial charge in [0.2, 0.25) is 0 Å². The Balaban J connectivity index is 1.42. The van der Waals surface area contributed by atoms with E-state index in [1.165, 1.54) is 12.8 Å². The Hall–Kier alpha value is -0.200. The van der Waals surface area contributed by atoms with Crippen molar-refractivity contribution < 1.29 is 24.1 Å². The Morgan fingerprint density at radius 1 is 0.625 bits per heavy atom. The van der Waals surface area contributed by atoms with Crippen LogP contribution in [0.15, 0.2) is 0 Å². The van der Waals surface area contributed by atoms with E-state index in [0.29, 0.717) is 0 Å². The number of aliphatic hydroxyl groups excluding tert-OH is 1. The molecule has 0 radical (unpaired) electrons. The van der Waals surface area contributed by atoms with Gasteiger partial charge in [0.25, 0.3) is 0 Å². The molecule has 0 aromatic carbocycles. The van der Waals surface area contributed by atoms with Gasteiger partial charge in [-0.05, 0) is 25.7 Å². The SMILES string of the molecule is C[C@H]1[C@H](O)[C@@H]2OC3(CCCCC3)O[C@@H]2[C@H]2OC3(CCCCC3)O[C@H]12. The lowest BCUT2D eigenvalue weighted by atomic mass is 9.80. The minimum absolute atomic E-state index is 0.0138. The summed E-state index contributed by atoms with van der Waals surface area (Å²) in [6.07, 6.45) is 9.71. The summed E-state index contributed by atoms with van der Waals surface area (Å²) >= 11 is 0. The van der Waals surface area contributed by atoms with Crippen LogP contribution in [0.4, 0.5) is 0 Å². The predicted octanol–water partition coefficient (Wildman–Crippen LogP) is 2.89. The van der Waals surface area contributed by atoms with E-state index in [4.69, 9.17) is 18.9 Å². The summed E-state index contributed by atoms with van der Waals surface area (Å²) in [5.41, 5.74) is 0. The molecule has 136 valence electrons. The minimum Gasteiger partial charge on any atom is -0.390 e. The highest BCUT2D eigenvalue weighted by Crippen LogP contribution is 2.52. The number of ether oxygens (including phenoxy) is 4. The minimum atomic E-state index is -0.542. The maximum atomic E-state index is 10.9. The molecule has 2 spiro atoms. The lowest BCUT2D eigenvalue weighted by molar-refractivity contribution is -0.221. The van der Waals surface area contributed by atoms with Crippen molar-refractivity contribution in [2.45, 2.75) is 113 Å². The van der Waals surface area contributed by atoms with Crippen molar-refractivity contribution >= 4 is 0 Å². The second-order valence-electron chi connectivity index (χ2n) is 8.62. The summed E-state index contributed by atoms with van der Waals surface area (Å²) in [5, 5.41) is 10.9. The van der Waals surface area contributed by atoms with Crippen molar-refractivity contribution in [3.05, 3.63) is 0 Å². The molecule has 6 atom stereocenters. The fraction of sp³-hybridized carbons (Fsp3) is 1.00. The van der Waals surface area contributed by atoms with E-state index in [-0.39, 0.29) is 30.3 Å². The van der Waals surface area contributed by atoms with Gasteiger partial charge in [-0.2, -0.15) is 0 Å². The summed E-state index contributed by atoms with van der Waals surface area (Å²) in [6.45, 7) is 2.07. The van der Waals surface area contributed by atoms with E-state index in [1.54, 1.807) is 0 Å². The number of hydrogen-bond acceptors (Lipinski definition) is 5. The molecule has 24 heavy (non-hydrogen) atoms. The average Bonchev–Trinajstić information content (AvgIpc) is 3.14. The van der Waals surface area contributed by atoms with Crippen LogP contribution in [0.2, 0.25) is 0 Å². The third-order valence-corrected chi connectivity index (χ3v) is 7.00. The first kappa shape index (κ1) is 16.0. The Kier molecular flexibility index (Phi) is 3.77. The molecule has 5 nitrogen and oxygen atoms in total. The molecule has 2 aliphatic heterocycles. The molecule has 1 N–H and O–H groups in total. The van der Waals surface area contributed by atoms with Crippen molar-refractivity contribution in [2.24, 2.45) is 5.92 Å². The summed E-state index contributed by atoms with van der Waals surface area (Å²) < 4.78 is 25.8. The van der Waals surface area contributed by atoms with Crippen molar-refractivity contribution in [3.8, 4) is 0 Å². The molecule has 3 aliphatic carbocycles.